The second-order valence-corrected chi connectivity index (χ2v) is 10.7. The number of benzene rings is 2. The van der Waals surface area contributed by atoms with Gasteiger partial charge in [-0.25, -0.2) is 4.99 Å². The van der Waals surface area contributed by atoms with Crippen LogP contribution in [0.5, 0.6) is 5.75 Å². The van der Waals surface area contributed by atoms with Crippen molar-refractivity contribution in [2.45, 2.75) is 46.6 Å². The molecule has 174 valence electrons. The van der Waals surface area contributed by atoms with Crippen molar-refractivity contribution in [1.82, 2.24) is 0 Å². The van der Waals surface area contributed by atoms with E-state index in [1.54, 1.807) is 29.7 Å². The van der Waals surface area contributed by atoms with Gasteiger partial charge in [-0.1, -0.05) is 32.9 Å². The lowest BCUT2D eigenvalue weighted by molar-refractivity contribution is -0.384. The van der Waals surface area contributed by atoms with E-state index in [1.807, 2.05) is 24.3 Å². The number of nitro benzene ring substituents is 1. The smallest absolute Gasteiger partial charge is 0.269 e. The number of nitro groups is 1. The van der Waals surface area contributed by atoms with Gasteiger partial charge in [0.2, 0.25) is 0 Å². The molecule has 4 rings (SSSR count). The second kappa shape index (κ2) is 9.78. The third-order valence-electron chi connectivity index (χ3n) is 6.36. The van der Waals surface area contributed by atoms with Crippen molar-refractivity contribution < 1.29 is 9.66 Å². The monoisotopic (exact) mass is 473 g/mol. The number of thiophene rings is 1. The molecule has 0 aliphatic heterocycles. The zero-order valence-electron chi connectivity index (χ0n) is 19.6. The number of hydrogen-bond acceptors (Lipinski definition) is 6. The van der Waals surface area contributed by atoms with Crippen LogP contribution >= 0.6 is 11.3 Å². The number of hydrogen-bond donors (Lipinski definition) is 0. The van der Waals surface area contributed by atoms with Gasteiger partial charge in [0.25, 0.3) is 5.69 Å². The van der Waals surface area contributed by atoms with Crippen LogP contribution in [0.3, 0.4) is 0 Å². The lowest BCUT2D eigenvalue weighted by Gasteiger charge is -2.33. The zero-order chi connectivity index (χ0) is 24.3. The fourth-order valence-corrected chi connectivity index (χ4v) is 5.46. The molecule has 1 aliphatic rings. The number of nitrogens with zero attached hydrogens (tertiary/aromatic N) is 3. The third kappa shape index (κ3) is 5.18. The third-order valence-corrected chi connectivity index (χ3v) is 7.53. The average Bonchev–Trinajstić information content (AvgIpc) is 3.18. The summed E-state index contributed by atoms with van der Waals surface area (Å²) in [5.41, 5.74) is 3.82. The number of aliphatic imine (C=N–C) groups is 1. The first-order chi connectivity index (χ1) is 16.3. The van der Waals surface area contributed by atoms with Crippen molar-refractivity contribution in [1.29, 1.82) is 5.26 Å². The number of ether oxygens (including phenoxy) is 1. The Labute approximate surface area is 203 Å². The molecule has 0 N–H and O–H groups in total. The van der Waals surface area contributed by atoms with Crippen molar-refractivity contribution in [3.8, 4) is 11.8 Å². The molecule has 1 aliphatic carbocycles. The Morgan fingerprint density at radius 1 is 1.24 bits per heavy atom. The van der Waals surface area contributed by atoms with Gasteiger partial charge >= 0.3 is 0 Å². The van der Waals surface area contributed by atoms with Gasteiger partial charge in [0, 0.05) is 28.8 Å². The number of para-hydroxylation sites is 1. The molecule has 2 aromatic carbocycles. The van der Waals surface area contributed by atoms with Crippen LogP contribution in [0.1, 0.15) is 54.3 Å². The molecule has 34 heavy (non-hydrogen) atoms. The molecular weight excluding hydrogens is 446 g/mol. The first-order valence-electron chi connectivity index (χ1n) is 11.3. The minimum absolute atomic E-state index is 0.0528. The number of fused-ring (bicyclic) bond motifs is 1. The lowest BCUT2D eigenvalue weighted by Crippen LogP contribution is -2.26. The van der Waals surface area contributed by atoms with E-state index >= 15 is 0 Å². The molecule has 0 bridgehead atoms. The summed E-state index contributed by atoms with van der Waals surface area (Å²) in [4.78, 5) is 16.4. The predicted molar refractivity (Wildman–Crippen MR) is 135 cm³/mol. The quantitative estimate of drug-likeness (QED) is 0.219. The van der Waals surface area contributed by atoms with Crippen molar-refractivity contribution in [2.24, 2.45) is 16.3 Å². The van der Waals surface area contributed by atoms with Crippen LogP contribution < -0.4 is 4.74 Å². The molecule has 0 fully saturated rings. The summed E-state index contributed by atoms with van der Waals surface area (Å²) in [6, 6.07) is 16.3. The minimum atomic E-state index is -0.419. The predicted octanol–water partition coefficient (Wildman–Crippen LogP) is 7.01. The molecule has 6 nitrogen and oxygen atoms in total. The van der Waals surface area contributed by atoms with Crippen molar-refractivity contribution in [3.63, 3.8) is 0 Å². The maximum absolute atomic E-state index is 10.8. The van der Waals surface area contributed by atoms with Crippen LogP contribution in [0.25, 0.3) is 0 Å². The Hall–Kier alpha value is -3.50. The molecular formula is C27H27N3O3S. The van der Waals surface area contributed by atoms with E-state index in [2.05, 4.69) is 26.8 Å². The molecule has 0 saturated heterocycles. The van der Waals surface area contributed by atoms with Gasteiger partial charge < -0.3 is 4.74 Å². The summed E-state index contributed by atoms with van der Waals surface area (Å²) in [5, 5.41) is 21.4. The van der Waals surface area contributed by atoms with E-state index in [4.69, 9.17) is 9.73 Å². The highest BCUT2D eigenvalue weighted by atomic mass is 32.1. The van der Waals surface area contributed by atoms with Gasteiger partial charge in [-0.3, -0.25) is 10.1 Å². The SMILES string of the molecule is CC(C)(C)[C@H]1CCc2c(sc(N=Cc3ccccc3OCc3ccc([N+](=O)[O-])cc3)c2C#N)C1. The Morgan fingerprint density at radius 2 is 1.97 bits per heavy atom. The highest BCUT2D eigenvalue weighted by molar-refractivity contribution is 7.16. The summed E-state index contributed by atoms with van der Waals surface area (Å²) in [6.07, 6.45) is 4.79. The second-order valence-electron chi connectivity index (χ2n) is 9.61. The molecule has 0 saturated carbocycles. The minimum Gasteiger partial charge on any atom is -0.488 e. The number of non-ortho nitro benzene ring substituents is 1. The largest absolute Gasteiger partial charge is 0.488 e. The molecule has 3 aromatic rings. The fraction of sp³-hybridized carbons (Fsp3) is 0.333. The summed E-state index contributed by atoms with van der Waals surface area (Å²) < 4.78 is 5.98. The maximum Gasteiger partial charge on any atom is 0.269 e. The molecule has 7 heteroatoms. The summed E-state index contributed by atoms with van der Waals surface area (Å²) in [7, 11) is 0. The number of nitriles is 1. The first-order valence-corrected chi connectivity index (χ1v) is 12.1. The van der Waals surface area contributed by atoms with E-state index in [9.17, 15) is 15.4 Å². The Bertz CT molecular complexity index is 1260. The molecule has 0 radical (unpaired) electrons. The van der Waals surface area contributed by atoms with Gasteiger partial charge in [0.05, 0.1) is 10.5 Å². The van der Waals surface area contributed by atoms with E-state index < -0.39 is 4.92 Å². The van der Waals surface area contributed by atoms with Gasteiger partial charge in [-0.15, -0.1) is 11.3 Å². The van der Waals surface area contributed by atoms with E-state index in [0.29, 0.717) is 17.2 Å². The van der Waals surface area contributed by atoms with Crippen LogP contribution in [0, 0.1) is 32.8 Å². The molecule has 0 amide bonds. The summed E-state index contributed by atoms with van der Waals surface area (Å²) >= 11 is 1.63. The molecule has 1 aromatic heterocycles. The van der Waals surface area contributed by atoms with Gasteiger partial charge in [-0.2, -0.15) is 5.26 Å². The van der Waals surface area contributed by atoms with Crippen molar-refractivity contribution in [3.05, 3.63) is 85.8 Å². The Morgan fingerprint density at radius 3 is 2.65 bits per heavy atom. The highest BCUT2D eigenvalue weighted by Gasteiger charge is 2.32. The molecule has 1 heterocycles. The van der Waals surface area contributed by atoms with Gasteiger partial charge in [-0.05, 0) is 66.0 Å². The van der Waals surface area contributed by atoms with E-state index in [-0.39, 0.29) is 17.7 Å². The first kappa shape index (κ1) is 23.7. The standard InChI is InChI=1S/C27H27N3O3S/c1-27(2,3)20-10-13-22-23(15-28)26(34-25(22)14-20)29-16-19-6-4-5-7-24(19)33-17-18-8-11-21(12-9-18)30(31)32/h4-9,11-12,16,20H,10,13-14,17H2,1-3H3/t20-/m0/s1. The lowest BCUT2D eigenvalue weighted by atomic mass is 9.72. The van der Waals surface area contributed by atoms with Crippen LogP contribution in [0.2, 0.25) is 0 Å². The Kier molecular flexibility index (Phi) is 6.80. The zero-order valence-corrected chi connectivity index (χ0v) is 20.4. The summed E-state index contributed by atoms with van der Waals surface area (Å²) in [5.74, 6) is 1.27. The molecule has 0 spiro atoms. The maximum atomic E-state index is 10.8. The fourth-order valence-electron chi connectivity index (χ4n) is 4.24. The van der Waals surface area contributed by atoms with Crippen LogP contribution in [0.15, 0.2) is 53.5 Å². The summed E-state index contributed by atoms with van der Waals surface area (Å²) in [6.45, 7) is 7.14. The Balaban J connectivity index is 1.52. The van der Waals surface area contributed by atoms with Crippen LogP contribution in [0.4, 0.5) is 10.7 Å². The van der Waals surface area contributed by atoms with Crippen LogP contribution in [-0.2, 0) is 19.4 Å². The van der Waals surface area contributed by atoms with Crippen molar-refractivity contribution in [2.75, 3.05) is 0 Å². The topological polar surface area (TPSA) is 88.5 Å². The van der Waals surface area contributed by atoms with E-state index in [0.717, 1.165) is 35.4 Å². The normalized spacial score (nSPS) is 15.6. The average molecular weight is 474 g/mol. The molecule has 1 atom stereocenters. The van der Waals surface area contributed by atoms with Crippen molar-refractivity contribution >= 4 is 28.2 Å². The van der Waals surface area contributed by atoms with Crippen LogP contribution in [-0.4, -0.2) is 11.1 Å². The van der Waals surface area contributed by atoms with Gasteiger partial charge in [0.1, 0.15) is 23.4 Å². The number of rotatable bonds is 6. The molecule has 0 unspecified atom stereocenters. The van der Waals surface area contributed by atoms with E-state index in [1.165, 1.54) is 22.6 Å². The van der Waals surface area contributed by atoms with Gasteiger partial charge in [0.15, 0.2) is 0 Å². The highest BCUT2D eigenvalue weighted by Crippen LogP contribution is 2.44.